The molecule has 0 aliphatic carbocycles. The van der Waals surface area contributed by atoms with Crippen LogP contribution < -0.4 is 14.8 Å². The second-order valence-corrected chi connectivity index (χ2v) is 8.22. The molecule has 2 N–H and O–H groups in total. The van der Waals surface area contributed by atoms with Crippen molar-refractivity contribution in [3.8, 4) is 11.5 Å². The molecule has 8 heteroatoms. The highest BCUT2D eigenvalue weighted by molar-refractivity contribution is 7.89. The standard InChI is InChI=1S/C18H21ClN2O3S.ClH/c19-17-3-1-2-4-18(17)24-15-5-7-16(8-6-15)25(22,23)21-12-10-14-9-11-20-13-14;/h1-8,14,20-21H,9-13H2;1H. The minimum Gasteiger partial charge on any atom is -0.456 e. The molecule has 1 aliphatic rings. The minimum absolute atomic E-state index is 0. The van der Waals surface area contributed by atoms with E-state index < -0.39 is 10.0 Å². The fraction of sp³-hybridized carbons (Fsp3) is 0.333. The predicted molar refractivity (Wildman–Crippen MR) is 106 cm³/mol. The lowest BCUT2D eigenvalue weighted by Crippen LogP contribution is -2.26. The third-order valence-corrected chi connectivity index (χ3v) is 5.99. The van der Waals surface area contributed by atoms with Crippen molar-refractivity contribution in [2.75, 3.05) is 19.6 Å². The van der Waals surface area contributed by atoms with Gasteiger partial charge in [-0.25, -0.2) is 13.1 Å². The Kier molecular flexibility index (Phi) is 7.73. The summed E-state index contributed by atoms with van der Waals surface area (Å²) in [6.07, 6.45) is 1.95. The van der Waals surface area contributed by atoms with Gasteiger partial charge in [0.05, 0.1) is 9.92 Å². The van der Waals surface area contributed by atoms with Crippen LogP contribution in [0.3, 0.4) is 0 Å². The van der Waals surface area contributed by atoms with E-state index in [1.54, 1.807) is 24.3 Å². The fourth-order valence-electron chi connectivity index (χ4n) is 2.78. The molecular formula is C18H22Cl2N2O3S. The topological polar surface area (TPSA) is 67.4 Å². The van der Waals surface area contributed by atoms with Gasteiger partial charge in [-0.05, 0) is 68.2 Å². The molecule has 0 radical (unpaired) electrons. The normalized spacial score (nSPS) is 16.9. The zero-order valence-corrected chi connectivity index (χ0v) is 16.5. The van der Waals surface area contributed by atoms with Gasteiger partial charge in [-0.3, -0.25) is 0 Å². The fourth-order valence-corrected chi connectivity index (χ4v) is 4.00. The van der Waals surface area contributed by atoms with Gasteiger partial charge in [0.1, 0.15) is 11.5 Å². The van der Waals surface area contributed by atoms with Crippen LogP contribution >= 0.6 is 24.0 Å². The average Bonchev–Trinajstić information content (AvgIpc) is 3.11. The number of halogens is 2. The summed E-state index contributed by atoms with van der Waals surface area (Å²) in [4.78, 5) is 0.226. The molecule has 0 bridgehead atoms. The van der Waals surface area contributed by atoms with Crippen molar-refractivity contribution in [1.82, 2.24) is 10.0 Å². The molecule has 2 aromatic carbocycles. The molecule has 1 fully saturated rings. The van der Waals surface area contributed by atoms with Crippen LogP contribution in [0.15, 0.2) is 53.4 Å². The predicted octanol–water partition coefficient (Wildman–Crippen LogP) is 3.83. The summed E-state index contributed by atoms with van der Waals surface area (Å²) in [5.74, 6) is 1.61. The van der Waals surface area contributed by atoms with E-state index in [1.807, 2.05) is 12.1 Å². The Hall–Kier alpha value is -1.31. The number of hydrogen-bond acceptors (Lipinski definition) is 4. The molecular weight excluding hydrogens is 395 g/mol. The van der Waals surface area contributed by atoms with Gasteiger partial charge in [0, 0.05) is 6.54 Å². The van der Waals surface area contributed by atoms with E-state index in [9.17, 15) is 8.42 Å². The zero-order chi connectivity index (χ0) is 17.7. The molecule has 0 spiro atoms. The Balaban J connectivity index is 0.00000243. The van der Waals surface area contributed by atoms with Crippen LogP contribution in [-0.4, -0.2) is 28.1 Å². The van der Waals surface area contributed by atoms with Crippen LogP contribution in [0.2, 0.25) is 5.02 Å². The molecule has 142 valence electrons. The van der Waals surface area contributed by atoms with E-state index in [2.05, 4.69) is 10.0 Å². The third kappa shape index (κ3) is 5.59. The minimum atomic E-state index is -3.50. The van der Waals surface area contributed by atoms with Crippen LogP contribution in [0, 0.1) is 5.92 Å². The molecule has 26 heavy (non-hydrogen) atoms. The quantitative estimate of drug-likeness (QED) is 0.719. The maximum Gasteiger partial charge on any atom is 0.240 e. The largest absolute Gasteiger partial charge is 0.456 e. The first-order chi connectivity index (χ1) is 12.0. The lowest BCUT2D eigenvalue weighted by atomic mass is 10.1. The molecule has 0 saturated carbocycles. The lowest BCUT2D eigenvalue weighted by molar-refractivity contribution is 0.482. The number of ether oxygens (including phenoxy) is 1. The lowest BCUT2D eigenvalue weighted by Gasteiger charge is -2.11. The van der Waals surface area contributed by atoms with Gasteiger partial charge in [0.2, 0.25) is 10.0 Å². The molecule has 1 atom stereocenters. The van der Waals surface area contributed by atoms with E-state index in [0.29, 0.717) is 29.0 Å². The maximum atomic E-state index is 12.3. The van der Waals surface area contributed by atoms with Gasteiger partial charge in [0.15, 0.2) is 0 Å². The molecule has 0 amide bonds. The van der Waals surface area contributed by atoms with E-state index >= 15 is 0 Å². The number of hydrogen-bond donors (Lipinski definition) is 2. The van der Waals surface area contributed by atoms with Gasteiger partial charge in [-0.15, -0.1) is 12.4 Å². The second kappa shape index (κ2) is 9.58. The monoisotopic (exact) mass is 416 g/mol. The average molecular weight is 417 g/mol. The Bertz CT molecular complexity index is 807. The van der Waals surface area contributed by atoms with Crippen LogP contribution in [0.4, 0.5) is 0 Å². The van der Waals surface area contributed by atoms with Crippen molar-refractivity contribution in [2.45, 2.75) is 17.7 Å². The number of para-hydroxylation sites is 1. The molecule has 0 aromatic heterocycles. The molecule has 1 saturated heterocycles. The highest BCUT2D eigenvalue weighted by Crippen LogP contribution is 2.29. The molecule has 1 heterocycles. The van der Waals surface area contributed by atoms with Crippen molar-refractivity contribution in [2.24, 2.45) is 5.92 Å². The first-order valence-corrected chi connectivity index (χ1v) is 10.1. The summed E-state index contributed by atoms with van der Waals surface area (Å²) in [5, 5.41) is 3.78. The van der Waals surface area contributed by atoms with Crippen LogP contribution in [0.5, 0.6) is 11.5 Å². The van der Waals surface area contributed by atoms with Gasteiger partial charge < -0.3 is 10.1 Å². The molecule has 1 unspecified atom stereocenters. The highest BCUT2D eigenvalue weighted by Gasteiger charge is 2.17. The number of sulfonamides is 1. The van der Waals surface area contributed by atoms with Crippen LogP contribution in [0.1, 0.15) is 12.8 Å². The Morgan fingerprint density at radius 2 is 1.88 bits per heavy atom. The van der Waals surface area contributed by atoms with Crippen molar-refractivity contribution >= 4 is 34.0 Å². The van der Waals surface area contributed by atoms with Crippen LogP contribution in [0.25, 0.3) is 0 Å². The third-order valence-electron chi connectivity index (χ3n) is 4.21. The molecule has 3 rings (SSSR count). The van der Waals surface area contributed by atoms with Crippen molar-refractivity contribution < 1.29 is 13.2 Å². The second-order valence-electron chi connectivity index (χ2n) is 6.05. The van der Waals surface area contributed by atoms with Crippen molar-refractivity contribution in [1.29, 1.82) is 0 Å². The summed E-state index contributed by atoms with van der Waals surface area (Å²) < 4.78 is 33.0. The summed E-state index contributed by atoms with van der Waals surface area (Å²) in [6.45, 7) is 2.44. The maximum absolute atomic E-state index is 12.3. The van der Waals surface area contributed by atoms with Crippen LogP contribution in [-0.2, 0) is 10.0 Å². The molecule has 5 nitrogen and oxygen atoms in total. The van der Waals surface area contributed by atoms with E-state index in [-0.39, 0.29) is 17.3 Å². The number of benzene rings is 2. The zero-order valence-electron chi connectivity index (χ0n) is 14.2. The first-order valence-electron chi connectivity index (χ1n) is 8.27. The summed E-state index contributed by atoms with van der Waals surface area (Å²) >= 11 is 6.05. The first kappa shape index (κ1) is 21.0. The molecule has 2 aromatic rings. The molecule has 1 aliphatic heterocycles. The van der Waals surface area contributed by atoms with Gasteiger partial charge in [-0.2, -0.15) is 0 Å². The van der Waals surface area contributed by atoms with E-state index in [1.165, 1.54) is 12.1 Å². The summed E-state index contributed by atoms with van der Waals surface area (Å²) in [5.41, 5.74) is 0. The Labute approximate surface area is 165 Å². The smallest absolute Gasteiger partial charge is 0.240 e. The van der Waals surface area contributed by atoms with Crippen molar-refractivity contribution in [3.05, 3.63) is 53.6 Å². The summed E-state index contributed by atoms with van der Waals surface area (Å²) in [6, 6.07) is 13.4. The highest BCUT2D eigenvalue weighted by atomic mass is 35.5. The number of nitrogens with one attached hydrogen (secondary N) is 2. The SMILES string of the molecule is Cl.O=S(=O)(NCCC1CCNC1)c1ccc(Oc2ccccc2Cl)cc1. The Morgan fingerprint density at radius 1 is 1.15 bits per heavy atom. The number of rotatable bonds is 7. The van der Waals surface area contributed by atoms with E-state index in [0.717, 1.165) is 25.9 Å². The van der Waals surface area contributed by atoms with Gasteiger partial charge >= 0.3 is 0 Å². The Morgan fingerprint density at radius 3 is 2.54 bits per heavy atom. The van der Waals surface area contributed by atoms with Crippen molar-refractivity contribution in [3.63, 3.8) is 0 Å². The summed E-state index contributed by atoms with van der Waals surface area (Å²) in [7, 11) is -3.50. The van der Waals surface area contributed by atoms with E-state index in [4.69, 9.17) is 16.3 Å². The van der Waals surface area contributed by atoms with Gasteiger partial charge in [-0.1, -0.05) is 23.7 Å². The van der Waals surface area contributed by atoms with Gasteiger partial charge in [0.25, 0.3) is 0 Å².